The fourth-order valence-electron chi connectivity index (χ4n) is 2.59. The van der Waals surface area contributed by atoms with Gasteiger partial charge in [-0.05, 0) is 6.92 Å². The first-order valence-corrected chi connectivity index (χ1v) is 6.94. The Hall–Kier alpha value is -2.34. The number of aromatic nitrogens is 2. The molecule has 21 heavy (non-hydrogen) atoms. The summed E-state index contributed by atoms with van der Waals surface area (Å²) in [7, 11) is 0. The average molecular weight is 288 g/mol. The molecule has 110 valence electrons. The highest BCUT2D eigenvalue weighted by Gasteiger charge is 2.24. The van der Waals surface area contributed by atoms with E-state index in [0.717, 1.165) is 5.56 Å². The van der Waals surface area contributed by atoms with Crippen LogP contribution >= 0.6 is 0 Å². The standard InChI is InChI=1S/C15H17N3O3/c1-12-11-13(19)18(17-7-9-21-10-8-17)15(20)14(12)16-5-3-2-4-6-16/h2-6,11H,7-10H2,1H3/p+1. The fourth-order valence-corrected chi connectivity index (χ4v) is 2.59. The molecule has 0 radical (unpaired) electrons. The maximum atomic E-state index is 12.3. The van der Waals surface area contributed by atoms with E-state index in [1.807, 2.05) is 42.5 Å². The van der Waals surface area contributed by atoms with Gasteiger partial charge in [0.1, 0.15) is 0 Å². The van der Waals surface area contributed by atoms with Gasteiger partial charge in [-0.15, -0.1) is 0 Å². The number of hydrogen-bond acceptors (Lipinski definition) is 4. The highest BCUT2D eigenvalue weighted by atomic mass is 16.5. The van der Waals surface area contributed by atoms with Gasteiger partial charge in [0.15, 0.2) is 12.4 Å². The Morgan fingerprint density at radius 2 is 1.86 bits per heavy atom. The van der Waals surface area contributed by atoms with E-state index in [9.17, 15) is 9.90 Å². The highest BCUT2D eigenvalue weighted by Crippen LogP contribution is 2.19. The SMILES string of the molecule is Cc1cc(=O)n(N2CCOCC2)c(O)c1-[n+]1ccccc1. The first kappa shape index (κ1) is 13.6. The van der Waals surface area contributed by atoms with Crippen LogP contribution in [0.5, 0.6) is 5.88 Å². The molecule has 0 spiro atoms. The Bertz CT molecular complexity index is 691. The van der Waals surface area contributed by atoms with Crippen molar-refractivity contribution < 1.29 is 14.4 Å². The third-order valence-corrected chi connectivity index (χ3v) is 3.58. The summed E-state index contributed by atoms with van der Waals surface area (Å²) in [5.41, 5.74) is 1.12. The van der Waals surface area contributed by atoms with Crippen LogP contribution in [0.1, 0.15) is 5.56 Å². The summed E-state index contributed by atoms with van der Waals surface area (Å²) in [6, 6.07) is 7.21. The largest absolute Gasteiger partial charge is 0.488 e. The van der Waals surface area contributed by atoms with Gasteiger partial charge >= 0.3 is 0 Å². The van der Waals surface area contributed by atoms with Crippen molar-refractivity contribution in [3.63, 3.8) is 0 Å². The summed E-state index contributed by atoms with van der Waals surface area (Å²) in [5, 5.41) is 12.4. The maximum Gasteiger partial charge on any atom is 0.288 e. The molecular formula is C15H18N3O3+. The second-order valence-electron chi connectivity index (χ2n) is 5.00. The summed E-state index contributed by atoms with van der Waals surface area (Å²) >= 11 is 0. The third kappa shape index (κ3) is 2.50. The fraction of sp³-hybridized carbons (Fsp3) is 0.333. The minimum atomic E-state index is -0.229. The molecule has 2 aromatic rings. The van der Waals surface area contributed by atoms with Gasteiger partial charge in [0.2, 0.25) is 0 Å². The number of pyridine rings is 2. The van der Waals surface area contributed by atoms with Crippen molar-refractivity contribution in [2.24, 2.45) is 0 Å². The zero-order valence-electron chi connectivity index (χ0n) is 11.9. The summed E-state index contributed by atoms with van der Waals surface area (Å²) in [6.45, 7) is 4.08. The average Bonchev–Trinajstić information content (AvgIpc) is 2.49. The van der Waals surface area contributed by atoms with Crippen molar-refractivity contribution in [1.29, 1.82) is 0 Å². The van der Waals surface area contributed by atoms with Crippen LogP contribution in [0.25, 0.3) is 5.69 Å². The van der Waals surface area contributed by atoms with Gasteiger partial charge in [-0.1, -0.05) is 6.07 Å². The molecule has 0 bridgehead atoms. The Kier molecular flexibility index (Phi) is 3.62. The summed E-state index contributed by atoms with van der Waals surface area (Å²) < 4.78 is 8.44. The molecule has 6 heteroatoms. The van der Waals surface area contributed by atoms with Crippen LogP contribution in [0.15, 0.2) is 41.5 Å². The van der Waals surface area contributed by atoms with Crippen molar-refractivity contribution in [3.05, 3.63) is 52.6 Å². The van der Waals surface area contributed by atoms with Gasteiger partial charge in [-0.2, -0.15) is 9.24 Å². The van der Waals surface area contributed by atoms with Crippen molar-refractivity contribution >= 4 is 0 Å². The Morgan fingerprint density at radius 3 is 2.52 bits per heavy atom. The third-order valence-electron chi connectivity index (χ3n) is 3.58. The molecule has 0 saturated carbocycles. The predicted octanol–water partition coefficient (Wildman–Crippen LogP) is 0.107. The molecule has 3 heterocycles. The molecule has 0 aromatic carbocycles. The molecule has 1 saturated heterocycles. The smallest absolute Gasteiger partial charge is 0.288 e. The molecule has 1 fully saturated rings. The van der Waals surface area contributed by atoms with E-state index in [4.69, 9.17) is 4.74 Å². The Morgan fingerprint density at radius 1 is 1.19 bits per heavy atom. The van der Waals surface area contributed by atoms with E-state index in [0.29, 0.717) is 32.0 Å². The van der Waals surface area contributed by atoms with E-state index in [-0.39, 0.29) is 11.4 Å². The minimum absolute atomic E-state index is 0.0434. The molecule has 0 unspecified atom stereocenters. The highest BCUT2D eigenvalue weighted by molar-refractivity contribution is 5.41. The minimum Gasteiger partial charge on any atom is -0.488 e. The molecule has 2 aromatic heterocycles. The summed E-state index contributed by atoms with van der Waals surface area (Å²) in [5.74, 6) is -0.0434. The van der Waals surface area contributed by atoms with Crippen LogP contribution < -0.4 is 15.1 Å². The number of ether oxygens (including phenoxy) is 1. The molecule has 1 N–H and O–H groups in total. The number of morpholine rings is 1. The first-order valence-electron chi connectivity index (χ1n) is 6.94. The van der Waals surface area contributed by atoms with E-state index in [1.165, 1.54) is 4.68 Å². The summed E-state index contributed by atoms with van der Waals surface area (Å²) in [6.07, 6.45) is 3.69. The van der Waals surface area contributed by atoms with Gasteiger partial charge < -0.3 is 14.9 Å². The lowest BCUT2D eigenvalue weighted by Gasteiger charge is -2.30. The van der Waals surface area contributed by atoms with Crippen LogP contribution in [-0.4, -0.2) is 36.1 Å². The van der Waals surface area contributed by atoms with Crippen molar-refractivity contribution in [2.75, 3.05) is 31.3 Å². The van der Waals surface area contributed by atoms with Crippen LogP contribution in [-0.2, 0) is 4.74 Å². The van der Waals surface area contributed by atoms with Gasteiger partial charge in [0, 0.05) is 23.8 Å². The van der Waals surface area contributed by atoms with Crippen LogP contribution in [0.4, 0.5) is 0 Å². The van der Waals surface area contributed by atoms with Gasteiger partial charge in [0.25, 0.3) is 17.1 Å². The van der Waals surface area contributed by atoms with Crippen LogP contribution in [0, 0.1) is 6.92 Å². The molecule has 0 aliphatic carbocycles. The second-order valence-corrected chi connectivity index (χ2v) is 5.00. The Labute approximate surface area is 122 Å². The maximum absolute atomic E-state index is 12.3. The van der Waals surface area contributed by atoms with Crippen molar-refractivity contribution in [3.8, 4) is 11.6 Å². The molecular weight excluding hydrogens is 270 g/mol. The normalized spacial score (nSPS) is 15.2. The van der Waals surface area contributed by atoms with E-state index < -0.39 is 0 Å². The lowest BCUT2D eigenvalue weighted by atomic mass is 10.2. The quantitative estimate of drug-likeness (QED) is 0.797. The zero-order valence-corrected chi connectivity index (χ0v) is 11.9. The van der Waals surface area contributed by atoms with Crippen LogP contribution in [0.3, 0.4) is 0 Å². The molecule has 0 amide bonds. The number of hydrogen-bond donors (Lipinski definition) is 1. The predicted molar refractivity (Wildman–Crippen MR) is 77.4 cm³/mol. The Balaban J connectivity index is 2.15. The monoisotopic (exact) mass is 288 g/mol. The molecule has 6 nitrogen and oxygen atoms in total. The van der Waals surface area contributed by atoms with Crippen molar-refractivity contribution in [1.82, 2.24) is 4.68 Å². The molecule has 1 aliphatic rings. The first-order chi connectivity index (χ1) is 10.2. The van der Waals surface area contributed by atoms with Gasteiger partial charge in [-0.25, -0.2) is 0 Å². The number of nitrogens with zero attached hydrogens (tertiary/aromatic N) is 3. The van der Waals surface area contributed by atoms with Gasteiger partial charge in [0.05, 0.1) is 26.3 Å². The van der Waals surface area contributed by atoms with E-state index in [1.54, 1.807) is 10.6 Å². The molecule has 0 atom stereocenters. The number of aromatic hydroxyl groups is 1. The lowest BCUT2D eigenvalue weighted by molar-refractivity contribution is -0.597. The second kappa shape index (κ2) is 5.57. The van der Waals surface area contributed by atoms with Crippen molar-refractivity contribution in [2.45, 2.75) is 6.92 Å². The van der Waals surface area contributed by atoms with E-state index in [2.05, 4.69) is 0 Å². The van der Waals surface area contributed by atoms with Crippen LogP contribution in [0.2, 0.25) is 0 Å². The topological polar surface area (TPSA) is 58.6 Å². The number of aryl methyl sites for hydroxylation is 1. The number of rotatable bonds is 2. The molecule has 1 aliphatic heterocycles. The zero-order chi connectivity index (χ0) is 14.8. The molecule has 3 rings (SSSR count). The lowest BCUT2D eigenvalue weighted by Crippen LogP contribution is -2.49. The summed E-state index contributed by atoms with van der Waals surface area (Å²) in [4.78, 5) is 12.3. The van der Waals surface area contributed by atoms with Gasteiger partial charge in [-0.3, -0.25) is 4.79 Å². The van der Waals surface area contributed by atoms with E-state index >= 15 is 0 Å².